The van der Waals surface area contributed by atoms with Crippen molar-refractivity contribution in [3.63, 3.8) is 0 Å². The van der Waals surface area contributed by atoms with Gasteiger partial charge < -0.3 is 5.32 Å². The van der Waals surface area contributed by atoms with E-state index in [1.54, 1.807) is 4.68 Å². The molecule has 7 nitrogen and oxygen atoms in total. The van der Waals surface area contributed by atoms with Crippen molar-refractivity contribution in [3.8, 4) is 0 Å². The van der Waals surface area contributed by atoms with Gasteiger partial charge in [-0.25, -0.2) is 12.7 Å². The number of piperidine rings is 1. The molecule has 1 N–H and O–H groups in total. The number of aryl methyl sites for hydroxylation is 2. The summed E-state index contributed by atoms with van der Waals surface area (Å²) in [5, 5.41) is 7.30. The van der Waals surface area contributed by atoms with Crippen LogP contribution in [-0.4, -0.2) is 47.8 Å². The van der Waals surface area contributed by atoms with E-state index in [0.717, 1.165) is 24.1 Å². The highest BCUT2D eigenvalue weighted by Gasteiger charge is 2.26. The number of sulfonamides is 1. The minimum Gasteiger partial charge on any atom is -0.349 e. The van der Waals surface area contributed by atoms with Crippen LogP contribution in [-0.2, 0) is 21.9 Å². The van der Waals surface area contributed by atoms with Crippen LogP contribution in [0.3, 0.4) is 0 Å². The molecule has 1 saturated heterocycles. The minimum absolute atomic E-state index is 0.0126. The Hall–Kier alpha value is -1.41. The molecule has 0 spiro atoms. The highest BCUT2D eigenvalue weighted by molar-refractivity contribution is 7.88. The molecule has 1 fully saturated rings. The van der Waals surface area contributed by atoms with Gasteiger partial charge >= 0.3 is 0 Å². The zero-order valence-electron chi connectivity index (χ0n) is 14.2. The number of amides is 1. The summed E-state index contributed by atoms with van der Waals surface area (Å²) in [6.07, 6.45) is 5.08. The third-order valence-corrected chi connectivity index (χ3v) is 5.72. The summed E-state index contributed by atoms with van der Waals surface area (Å²) in [5.41, 5.74) is 1.94. The monoisotopic (exact) mass is 342 g/mol. The molecule has 1 aliphatic rings. The Labute approximate surface area is 138 Å². The Balaban J connectivity index is 1.83. The molecule has 1 atom stereocenters. The molecule has 1 aromatic heterocycles. The Morgan fingerprint density at radius 2 is 2.04 bits per heavy atom. The van der Waals surface area contributed by atoms with E-state index >= 15 is 0 Å². The van der Waals surface area contributed by atoms with E-state index in [9.17, 15) is 13.2 Å². The van der Waals surface area contributed by atoms with Gasteiger partial charge in [-0.3, -0.25) is 9.48 Å². The third-order valence-electron chi connectivity index (χ3n) is 4.41. The fourth-order valence-electron chi connectivity index (χ4n) is 3.13. The van der Waals surface area contributed by atoms with E-state index in [4.69, 9.17) is 0 Å². The summed E-state index contributed by atoms with van der Waals surface area (Å²) in [7, 11) is -1.25. The quantitative estimate of drug-likeness (QED) is 0.864. The standard InChI is InChI=1S/C15H26N4O3S/c1-11(14-10-18(3)17-12(14)2)16-15(20)9-13-5-7-19(8-6-13)23(4,21)22/h10-11,13H,5-9H2,1-4H3,(H,16,20). The number of nitrogens with zero attached hydrogens (tertiary/aromatic N) is 3. The Morgan fingerprint density at radius 3 is 2.52 bits per heavy atom. The van der Waals surface area contributed by atoms with E-state index < -0.39 is 10.0 Å². The number of carbonyl (C=O) groups is 1. The molecule has 0 aromatic carbocycles. The highest BCUT2D eigenvalue weighted by Crippen LogP contribution is 2.23. The van der Waals surface area contributed by atoms with Crippen molar-refractivity contribution in [1.29, 1.82) is 0 Å². The van der Waals surface area contributed by atoms with Gasteiger partial charge in [-0.05, 0) is 32.6 Å². The average Bonchev–Trinajstić information content (AvgIpc) is 2.77. The molecular weight excluding hydrogens is 316 g/mol. The lowest BCUT2D eigenvalue weighted by atomic mass is 9.94. The van der Waals surface area contributed by atoms with Crippen LogP contribution in [0.5, 0.6) is 0 Å². The zero-order chi connectivity index (χ0) is 17.2. The summed E-state index contributed by atoms with van der Waals surface area (Å²) in [6.45, 7) is 4.90. The van der Waals surface area contributed by atoms with Crippen LogP contribution in [0.2, 0.25) is 0 Å². The second kappa shape index (κ2) is 7.00. The van der Waals surface area contributed by atoms with Gasteiger partial charge in [0.15, 0.2) is 0 Å². The van der Waals surface area contributed by atoms with Crippen LogP contribution in [0.25, 0.3) is 0 Å². The van der Waals surface area contributed by atoms with E-state index in [1.165, 1.54) is 10.6 Å². The van der Waals surface area contributed by atoms with Gasteiger partial charge in [0.25, 0.3) is 0 Å². The molecule has 0 bridgehead atoms. The summed E-state index contributed by atoms with van der Waals surface area (Å²) < 4.78 is 26.2. The normalized spacial score (nSPS) is 18.8. The highest BCUT2D eigenvalue weighted by atomic mass is 32.2. The van der Waals surface area contributed by atoms with Gasteiger partial charge in [0.05, 0.1) is 18.0 Å². The van der Waals surface area contributed by atoms with Gasteiger partial charge in [-0.15, -0.1) is 0 Å². The van der Waals surface area contributed by atoms with Crippen LogP contribution >= 0.6 is 0 Å². The van der Waals surface area contributed by atoms with E-state index in [-0.39, 0.29) is 17.9 Å². The van der Waals surface area contributed by atoms with Gasteiger partial charge in [-0.2, -0.15) is 5.10 Å². The predicted molar refractivity (Wildman–Crippen MR) is 88.3 cm³/mol. The van der Waals surface area contributed by atoms with Gasteiger partial charge in [-0.1, -0.05) is 0 Å². The molecule has 1 amide bonds. The molecule has 1 unspecified atom stereocenters. The van der Waals surface area contributed by atoms with Crippen molar-refractivity contribution in [3.05, 3.63) is 17.5 Å². The Morgan fingerprint density at radius 1 is 1.43 bits per heavy atom. The number of nitrogens with one attached hydrogen (secondary N) is 1. The largest absolute Gasteiger partial charge is 0.349 e. The van der Waals surface area contributed by atoms with E-state index in [0.29, 0.717) is 19.5 Å². The van der Waals surface area contributed by atoms with Gasteiger partial charge in [0, 0.05) is 38.3 Å². The number of rotatable bonds is 5. The first kappa shape index (κ1) is 17.9. The van der Waals surface area contributed by atoms with Gasteiger partial charge in [0.2, 0.25) is 15.9 Å². The van der Waals surface area contributed by atoms with Crippen molar-refractivity contribution < 1.29 is 13.2 Å². The summed E-state index contributed by atoms with van der Waals surface area (Å²) in [5.74, 6) is 0.258. The second-order valence-corrected chi connectivity index (χ2v) is 8.42. The van der Waals surface area contributed by atoms with Crippen molar-refractivity contribution in [1.82, 2.24) is 19.4 Å². The molecule has 8 heteroatoms. The fraction of sp³-hybridized carbons (Fsp3) is 0.733. The first-order valence-electron chi connectivity index (χ1n) is 7.91. The molecule has 1 aromatic rings. The molecule has 0 saturated carbocycles. The molecule has 2 heterocycles. The average molecular weight is 342 g/mol. The number of aromatic nitrogens is 2. The smallest absolute Gasteiger partial charge is 0.220 e. The third kappa shape index (κ3) is 4.78. The molecule has 1 aliphatic heterocycles. The number of hydrogen-bond acceptors (Lipinski definition) is 4. The maximum atomic E-state index is 12.2. The Kier molecular flexibility index (Phi) is 5.46. The molecule has 0 aliphatic carbocycles. The van der Waals surface area contributed by atoms with Gasteiger partial charge in [0.1, 0.15) is 0 Å². The summed E-state index contributed by atoms with van der Waals surface area (Å²) in [4.78, 5) is 12.2. The lowest BCUT2D eigenvalue weighted by molar-refractivity contribution is -0.122. The maximum absolute atomic E-state index is 12.2. The zero-order valence-corrected chi connectivity index (χ0v) is 15.1. The van der Waals surface area contributed by atoms with Crippen LogP contribution in [0.1, 0.15) is 43.5 Å². The first-order valence-corrected chi connectivity index (χ1v) is 9.76. The minimum atomic E-state index is -3.11. The SMILES string of the molecule is Cc1nn(C)cc1C(C)NC(=O)CC1CCN(S(C)(=O)=O)CC1. The van der Waals surface area contributed by atoms with Crippen molar-refractivity contribution in [2.24, 2.45) is 13.0 Å². The molecular formula is C15H26N4O3S. The molecule has 2 rings (SSSR count). The lowest BCUT2D eigenvalue weighted by Gasteiger charge is -2.30. The summed E-state index contributed by atoms with van der Waals surface area (Å²) >= 11 is 0. The topological polar surface area (TPSA) is 84.3 Å². The second-order valence-electron chi connectivity index (χ2n) is 6.44. The van der Waals surface area contributed by atoms with Crippen LogP contribution < -0.4 is 5.32 Å². The summed E-state index contributed by atoms with van der Waals surface area (Å²) in [6, 6.07) is -0.0766. The van der Waals surface area contributed by atoms with E-state index in [1.807, 2.05) is 27.1 Å². The van der Waals surface area contributed by atoms with E-state index in [2.05, 4.69) is 10.4 Å². The maximum Gasteiger partial charge on any atom is 0.220 e. The molecule has 23 heavy (non-hydrogen) atoms. The lowest BCUT2D eigenvalue weighted by Crippen LogP contribution is -2.39. The fourth-order valence-corrected chi connectivity index (χ4v) is 4.00. The van der Waals surface area contributed by atoms with Crippen molar-refractivity contribution in [2.75, 3.05) is 19.3 Å². The van der Waals surface area contributed by atoms with Crippen molar-refractivity contribution in [2.45, 2.75) is 39.2 Å². The molecule has 0 radical (unpaired) electrons. The molecule has 130 valence electrons. The van der Waals surface area contributed by atoms with Crippen LogP contribution in [0.4, 0.5) is 0 Å². The predicted octanol–water partition coefficient (Wildman–Crippen LogP) is 0.967. The number of carbonyl (C=O) groups excluding carboxylic acids is 1. The van der Waals surface area contributed by atoms with Crippen LogP contribution in [0, 0.1) is 12.8 Å². The van der Waals surface area contributed by atoms with Crippen molar-refractivity contribution >= 4 is 15.9 Å². The Bertz CT molecular complexity index is 660. The van der Waals surface area contributed by atoms with Crippen LogP contribution in [0.15, 0.2) is 6.20 Å². The number of hydrogen-bond donors (Lipinski definition) is 1. The first-order chi connectivity index (χ1) is 10.7.